The summed E-state index contributed by atoms with van der Waals surface area (Å²) in [5.74, 6) is 2.26. The van der Waals surface area contributed by atoms with E-state index in [1.54, 1.807) is 40.2 Å². The zero-order valence-corrected chi connectivity index (χ0v) is 19.2. The molecule has 1 aliphatic rings. The molecular weight excluding hydrogens is 426 g/mol. The monoisotopic (exact) mass is 453 g/mol. The van der Waals surface area contributed by atoms with Crippen molar-refractivity contribution in [3.05, 3.63) is 29.6 Å². The second-order valence-electron chi connectivity index (χ2n) is 7.50. The first kappa shape index (κ1) is 22.3. The number of methoxy groups -OCH3 is 2. The zero-order chi connectivity index (χ0) is 23.5. The molecule has 0 bridgehead atoms. The zero-order valence-electron chi connectivity index (χ0n) is 19.2. The summed E-state index contributed by atoms with van der Waals surface area (Å²) in [6.45, 7) is 6.53. The van der Waals surface area contributed by atoms with Crippen LogP contribution in [-0.2, 0) is 4.74 Å². The number of fused-ring (bicyclic) bond motifs is 1. The summed E-state index contributed by atoms with van der Waals surface area (Å²) < 4.78 is 15.8. The molecule has 11 nitrogen and oxygen atoms in total. The van der Waals surface area contributed by atoms with Crippen molar-refractivity contribution in [3.63, 3.8) is 0 Å². The average Bonchev–Trinajstić information content (AvgIpc) is 2.83. The van der Waals surface area contributed by atoms with Crippen LogP contribution in [-0.4, -0.2) is 72.9 Å². The summed E-state index contributed by atoms with van der Waals surface area (Å²) in [4.78, 5) is 34.2. The topological polar surface area (TPSA) is 129 Å². The van der Waals surface area contributed by atoms with Gasteiger partial charge in [0.15, 0.2) is 11.5 Å². The van der Waals surface area contributed by atoms with Crippen molar-refractivity contribution in [1.29, 1.82) is 0 Å². The van der Waals surface area contributed by atoms with Crippen LogP contribution in [0, 0.1) is 6.92 Å². The smallest absolute Gasteiger partial charge is 0.341 e. The molecule has 174 valence electrons. The first-order chi connectivity index (χ1) is 15.9. The third-order valence-electron chi connectivity index (χ3n) is 5.53. The minimum Gasteiger partial charge on any atom is -0.493 e. The van der Waals surface area contributed by atoms with E-state index in [-0.39, 0.29) is 0 Å². The number of aromatic nitrogens is 4. The fourth-order valence-electron chi connectivity index (χ4n) is 3.73. The maximum absolute atomic E-state index is 12.0. The highest BCUT2D eigenvalue weighted by molar-refractivity contribution is 5.92. The van der Waals surface area contributed by atoms with Gasteiger partial charge in [-0.1, -0.05) is 0 Å². The number of hydrogen-bond acceptors (Lipinski definition) is 11. The van der Waals surface area contributed by atoms with Crippen molar-refractivity contribution in [3.8, 4) is 11.5 Å². The van der Waals surface area contributed by atoms with Gasteiger partial charge in [0.05, 0.1) is 37.6 Å². The lowest BCUT2D eigenvalue weighted by Crippen LogP contribution is -2.47. The number of aryl methyl sites for hydroxylation is 1. The Morgan fingerprint density at radius 1 is 1.00 bits per heavy atom. The van der Waals surface area contributed by atoms with Gasteiger partial charge in [-0.15, -0.1) is 0 Å². The van der Waals surface area contributed by atoms with E-state index in [9.17, 15) is 4.79 Å². The van der Waals surface area contributed by atoms with E-state index in [2.05, 4.69) is 24.8 Å². The highest BCUT2D eigenvalue weighted by Gasteiger charge is 2.23. The molecule has 33 heavy (non-hydrogen) atoms. The maximum atomic E-state index is 12.0. The average molecular weight is 454 g/mol. The number of esters is 1. The molecule has 2 N–H and O–H groups in total. The van der Waals surface area contributed by atoms with E-state index in [0.717, 1.165) is 0 Å². The number of carbonyl (C=O) groups excluding carboxylic acids is 1. The van der Waals surface area contributed by atoms with Gasteiger partial charge >= 0.3 is 5.97 Å². The number of nitrogens with two attached hydrogens (primary N) is 1. The molecule has 0 amide bonds. The molecule has 0 atom stereocenters. The van der Waals surface area contributed by atoms with E-state index < -0.39 is 5.97 Å². The number of benzene rings is 1. The SMILES string of the molecule is CCOC(=O)c1cnc(N2CCN(c3nc(N)c4cc(OC)c(OC)cc4n3)CC2)nc1C. The Morgan fingerprint density at radius 2 is 1.64 bits per heavy atom. The standard InChI is InChI=1S/C22H27N7O4/c1-5-33-20(30)15-12-24-21(25-13(15)2)28-6-8-29(9-7-28)22-26-16-11-18(32-4)17(31-3)10-14(16)19(23)27-22/h10-12H,5-9H2,1-4H3,(H2,23,26,27). The number of anilines is 3. The molecule has 2 aromatic heterocycles. The van der Waals surface area contributed by atoms with Gasteiger partial charge < -0.3 is 29.7 Å². The van der Waals surface area contributed by atoms with Crippen molar-refractivity contribution in [2.75, 3.05) is 62.5 Å². The summed E-state index contributed by atoms with van der Waals surface area (Å²) in [5, 5.41) is 0.709. The molecule has 1 saturated heterocycles. The third kappa shape index (κ3) is 4.38. The summed E-state index contributed by atoms with van der Waals surface area (Å²) in [5.41, 5.74) is 7.89. The van der Waals surface area contributed by atoms with Crippen LogP contribution < -0.4 is 25.0 Å². The molecule has 4 rings (SSSR count). The molecule has 0 radical (unpaired) electrons. The number of piperazine rings is 1. The lowest BCUT2D eigenvalue weighted by Gasteiger charge is -2.35. The van der Waals surface area contributed by atoms with Crippen molar-refractivity contribution in [2.24, 2.45) is 0 Å². The van der Waals surface area contributed by atoms with Crippen LogP contribution in [0.4, 0.5) is 17.7 Å². The van der Waals surface area contributed by atoms with Crippen molar-refractivity contribution < 1.29 is 19.0 Å². The second kappa shape index (κ2) is 9.31. The minimum atomic E-state index is -0.410. The Hall–Kier alpha value is -3.89. The normalized spacial score (nSPS) is 13.8. The Labute approximate surface area is 191 Å². The Balaban J connectivity index is 1.51. The van der Waals surface area contributed by atoms with Gasteiger partial charge in [-0.25, -0.2) is 19.7 Å². The highest BCUT2D eigenvalue weighted by Crippen LogP contribution is 2.34. The van der Waals surface area contributed by atoms with Crippen molar-refractivity contribution in [2.45, 2.75) is 13.8 Å². The third-order valence-corrected chi connectivity index (χ3v) is 5.53. The van der Waals surface area contributed by atoms with Gasteiger partial charge in [0.1, 0.15) is 5.82 Å². The van der Waals surface area contributed by atoms with Crippen LogP contribution in [0.5, 0.6) is 11.5 Å². The molecule has 0 aliphatic carbocycles. The van der Waals surface area contributed by atoms with E-state index in [4.69, 9.17) is 24.9 Å². The molecular formula is C22H27N7O4. The number of rotatable bonds is 6. The Bertz CT molecular complexity index is 1180. The van der Waals surface area contributed by atoms with Gasteiger partial charge in [0.2, 0.25) is 11.9 Å². The fourth-order valence-corrected chi connectivity index (χ4v) is 3.73. The first-order valence-corrected chi connectivity index (χ1v) is 10.6. The molecule has 1 fully saturated rings. The fraction of sp³-hybridized carbons (Fsp3) is 0.409. The summed E-state index contributed by atoms with van der Waals surface area (Å²) >= 11 is 0. The lowest BCUT2D eigenvalue weighted by molar-refractivity contribution is 0.0524. The molecule has 1 aromatic carbocycles. The van der Waals surface area contributed by atoms with Crippen LogP contribution in [0.1, 0.15) is 23.0 Å². The van der Waals surface area contributed by atoms with Gasteiger partial charge in [-0.3, -0.25) is 0 Å². The Kier molecular flexibility index (Phi) is 6.29. The van der Waals surface area contributed by atoms with Crippen molar-refractivity contribution >= 4 is 34.6 Å². The Morgan fingerprint density at radius 3 is 2.24 bits per heavy atom. The molecule has 0 unspecified atom stereocenters. The van der Waals surface area contributed by atoms with E-state index in [1.165, 1.54) is 6.20 Å². The molecule has 1 aliphatic heterocycles. The number of carbonyl (C=O) groups is 1. The predicted molar refractivity (Wildman–Crippen MR) is 124 cm³/mol. The van der Waals surface area contributed by atoms with Gasteiger partial charge in [-0.05, 0) is 19.9 Å². The molecule has 3 heterocycles. The first-order valence-electron chi connectivity index (χ1n) is 10.6. The number of ether oxygens (including phenoxy) is 3. The molecule has 11 heteroatoms. The van der Waals surface area contributed by atoms with Crippen molar-refractivity contribution in [1.82, 2.24) is 19.9 Å². The lowest BCUT2D eigenvalue weighted by atomic mass is 10.2. The van der Waals surface area contributed by atoms with Crippen LogP contribution in [0.25, 0.3) is 10.9 Å². The van der Waals surface area contributed by atoms with Gasteiger partial charge in [0, 0.05) is 43.8 Å². The van der Waals surface area contributed by atoms with Crippen LogP contribution in [0.2, 0.25) is 0 Å². The summed E-state index contributed by atoms with van der Waals surface area (Å²) in [6, 6.07) is 3.58. The van der Waals surface area contributed by atoms with Gasteiger partial charge in [0.25, 0.3) is 0 Å². The quantitative estimate of drug-likeness (QED) is 0.549. The van der Waals surface area contributed by atoms with Gasteiger partial charge in [-0.2, -0.15) is 4.98 Å². The predicted octanol–water partition coefficient (Wildman–Crippen LogP) is 1.83. The van der Waals surface area contributed by atoms with Crippen LogP contribution in [0.3, 0.4) is 0 Å². The highest BCUT2D eigenvalue weighted by atomic mass is 16.5. The van der Waals surface area contributed by atoms with Crippen LogP contribution in [0.15, 0.2) is 18.3 Å². The number of nitrogen functional groups attached to an aromatic ring is 1. The van der Waals surface area contributed by atoms with Crippen LogP contribution >= 0.6 is 0 Å². The number of nitrogens with zero attached hydrogens (tertiary/aromatic N) is 6. The van der Waals surface area contributed by atoms with E-state index >= 15 is 0 Å². The molecule has 0 saturated carbocycles. The summed E-state index contributed by atoms with van der Waals surface area (Å²) in [7, 11) is 3.15. The largest absolute Gasteiger partial charge is 0.493 e. The molecule has 0 spiro atoms. The van der Waals surface area contributed by atoms with E-state index in [0.29, 0.717) is 84.2 Å². The maximum Gasteiger partial charge on any atom is 0.341 e. The van der Waals surface area contributed by atoms with E-state index in [1.807, 2.05) is 0 Å². The number of hydrogen-bond donors (Lipinski definition) is 1. The molecule has 3 aromatic rings. The minimum absolute atomic E-state index is 0.309. The second-order valence-corrected chi connectivity index (χ2v) is 7.50. The summed E-state index contributed by atoms with van der Waals surface area (Å²) in [6.07, 6.45) is 1.52.